The Morgan fingerprint density at radius 2 is 1.76 bits per heavy atom. The molecule has 0 aromatic heterocycles. The van der Waals surface area contributed by atoms with Crippen LogP contribution in [-0.4, -0.2) is 5.11 Å². The number of allylic oxidation sites excluding steroid dienone is 1. The number of hydrogen-bond acceptors (Lipinski definition) is 2. The summed E-state index contributed by atoms with van der Waals surface area (Å²) < 4.78 is 0. The Balaban J connectivity index is 2.10. The highest BCUT2D eigenvalue weighted by molar-refractivity contribution is 5.56. The summed E-state index contributed by atoms with van der Waals surface area (Å²) in [5.41, 5.74) is 8.35. The molecule has 0 aliphatic carbocycles. The van der Waals surface area contributed by atoms with Crippen LogP contribution >= 0.6 is 0 Å². The van der Waals surface area contributed by atoms with Gasteiger partial charge in [-0.15, -0.1) is 0 Å². The van der Waals surface area contributed by atoms with Crippen LogP contribution in [0.25, 0.3) is 6.08 Å². The van der Waals surface area contributed by atoms with Gasteiger partial charge in [0.15, 0.2) is 0 Å². The van der Waals surface area contributed by atoms with Gasteiger partial charge in [0.2, 0.25) is 0 Å². The van der Waals surface area contributed by atoms with E-state index in [0.29, 0.717) is 12.1 Å². The molecule has 2 nitrogen and oxygen atoms in total. The Morgan fingerprint density at radius 1 is 1.00 bits per heavy atom. The number of hydrogen-bond donors (Lipinski definition) is 2. The van der Waals surface area contributed by atoms with Gasteiger partial charge >= 0.3 is 0 Å². The maximum absolute atomic E-state index is 9.67. The second-order valence-electron chi connectivity index (χ2n) is 3.86. The SMILES string of the molecule is Nc1cccc(O)c1CC=Cc1ccccc1. The Morgan fingerprint density at radius 3 is 2.47 bits per heavy atom. The van der Waals surface area contributed by atoms with E-state index in [9.17, 15) is 5.11 Å². The van der Waals surface area contributed by atoms with Crippen molar-refractivity contribution < 1.29 is 5.11 Å². The molecule has 2 aromatic carbocycles. The summed E-state index contributed by atoms with van der Waals surface area (Å²) in [6, 6.07) is 15.2. The lowest BCUT2D eigenvalue weighted by atomic mass is 10.1. The molecule has 0 heterocycles. The minimum atomic E-state index is 0.253. The number of nitrogens with two attached hydrogens (primary N) is 1. The third-order valence-corrected chi connectivity index (χ3v) is 2.62. The smallest absolute Gasteiger partial charge is 0.121 e. The molecule has 0 saturated heterocycles. The summed E-state index contributed by atoms with van der Waals surface area (Å²) in [4.78, 5) is 0. The second-order valence-corrected chi connectivity index (χ2v) is 3.86. The van der Waals surface area contributed by atoms with E-state index < -0.39 is 0 Å². The number of phenolic OH excluding ortho intramolecular Hbond substituents is 1. The number of phenols is 1. The highest BCUT2D eigenvalue weighted by atomic mass is 16.3. The first-order valence-corrected chi connectivity index (χ1v) is 5.55. The molecule has 0 aliphatic rings. The minimum absolute atomic E-state index is 0.253. The molecule has 2 heteroatoms. The van der Waals surface area contributed by atoms with Gasteiger partial charge in [-0.3, -0.25) is 0 Å². The van der Waals surface area contributed by atoms with E-state index in [1.54, 1.807) is 18.2 Å². The summed E-state index contributed by atoms with van der Waals surface area (Å²) in [5.74, 6) is 0.253. The first kappa shape index (κ1) is 11.3. The van der Waals surface area contributed by atoms with Crippen molar-refractivity contribution in [2.24, 2.45) is 0 Å². The summed E-state index contributed by atoms with van der Waals surface area (Å²) in [7, 11) is 0. The lowest BCUT2D eigenvalue weighted by Crippen LogP contribution is -1.92. The average Bonchev–Trinajstić information content (AvgIpc) is 2.34. The number of benzene rings is 2. The highest BCUT2D eigenvalue weighted by Crippen LogP contribution is 2.23. The zero-order valence-electron chi connectivity index (χ0n) is 9.51. The lowest BCUT2D eigenvalue weighted by molar-refractivity contribution is 0.470. The Labute approximate surface area is 101 Å². The molecular weight excluding hydrogens is 210 g/mol. The molecule has 0 amide bonds. The molecular formula is C15H15NO. The minimum Gasteiger partial charge on any atom is -0.508 e. The van der Waals surface area contributed by atoms with Gasteiger partial charge in [-0.2, -0.15) is 0 Å². The van der Waals surface area contributed by atoms with E-state index in [4.69, 9.17) is 5.73 Å². The molecule has 2 aromatic rings. The van der Waals surface area contributed by atoms with E-state index in [0.717, 1.165) is 11.1 Å². The predicted octanol–water partition coefficient (Wildman–Crippen LogP) is 3.23. The van der Waals surface area contributed by atoms with Crippen LogP contribution in [-0.2, 0) is 6.42 Å². The van der Waals surface area contributed by atoms with Gasteiger partial charge < -0.3 is 10.8 Å². The Hall–Kier alpha value is -2.22. The summed E-state index contributed by atoms with van der Waals surface area (Å²) in [5, 5.41) is 9.67. The van der Waals surface area contributed by atoms with Crippen LogP contribution in [0.2, 0.25) is 0 Å². The monoisotopic (exact) mass is 225 g/mol. The van der Waals surface area contributed by atoms with Crippen LogP contribution in [0.5, 0.6) is 5.75 Å². The summed E-state index contributed by atoms with van der Waals surface area (Å²) in [6.07, 6.45) is 4.65. The Kier molecular flexibility index (Phi) is 3.46. The standard InChI is InChI=1S/C15H15NO/c16-14-10-5-11-15(17)13(14)9-4-8-12-6-2-1-3-7-12/h1-8,10-11,17H,9,16H2. The topological polar surface area (TPSA) is 46.2 Å². The van der Waals surface area contributed by atoms with Crippen LogP contribution in [0.1, 0.15) is 11.1 Å². The van der Waals surface area contributed by atoms with Crippen LogP contribution < -0.4 is 5.73 Å². The maximum atomic E-state index is 9.67. The zero-order valence-corrected chi connectivity index (χ0v) is 9.51. The fraction of sp³-hybridized carbons (Fsp3) is 0.0667. The molecule has 0 aliphatic heterocycles. The van der Waals surface area contributed by atoms with E-state index in [2.05, 4.69) is 0 Å². The van der Waals surface area contributed by atoms with Crippen molar-refractivity contribution >= 4 is 11.8 Å². The molecule has 0 unspecified atom stereocenters. The van der Waals surface area contributed by atoms with Gasteiger partial charge in [-0.25, -0.2) is 0 Å². The van der Waals surface area contributed by atoms with Gasteiger partial charge in [-0.05, 0) is 24.1 Å². The predicted molar refractivity (Wildman–Crippen MR) is 71.7 cm³/mol. The number of anilines is 1. The van der Waals surface area contributed by atoms with E-state index in [1.165, 1.54) is 0 Å². The molecule has 2 rings (SSSR count). The van der Waals surface area contributed by atoms with Gasteiger partial charge in [0.05, 0.1) is 0 Å². The first-order valence-electron chi connectivity index (χ1n) is 5.55. The van der Waals surface area contributed by atoms with Crippen LogP contribution in [0.4, 0.5) is 5.69 Å². The number of rotatable bonds is 3. The molecule has 86 valence electrons. The average molecular weight is 225 g/mol. The van der Waals surface area contributed by atoms with Gasteiger partial charge in [0.25, 0.3) is 0 Å². The van der Waals surface area contributed by atoms with Crippen molar-refractivity contribution in [3.05, 3.63) is 65.7 Å². The van der Waals surface area contributed by atoms with Crippen LogP contribution in [0, 0.1) is 0 Å². The quantitative estimate of drug-likeness (QED) is 0.788. The van der Waals surface area contributed by atoms with Gasteiger partial charge in [0, 0.05) is 11.3 Å². The molecule has 0 bridgehead atoms. The van der Waals surface area contributed by atoms with Crippen molar-refractivity contribution in [2.45, 2.75) is 6.42 Å². The molecule has 17 heavy (non-hydrogen) atoms. The van der Waals surface area contributed by atoms with Crippen molar-refractivity contribution in [1.82, 2.24) is 0 Å². The van der Waals surface area contributed by atoms with Gasteiger partial charge in [0.1, 0.15) is 5.75 Å². The fourth-order valence-corrected chi connectivity index (χ4v) is 1.69. The van der Waals surface area contributed by atoms with E-state index >= 15 is 0 Å². The third-order valence-electron chi connectivity index (χ3n) is 2.62. The molecule has 3 N–H and O–H groups in total. The number of nitrogen functional groups attached to an aromatic ring is 1. The van der Waals surface area contributed by atoms with Crippen molar-refractivity contribution in [2.75, 3.05) is 5.73 Å². The van der Waals surface area contributed by atoms with Crippen LogP contribution in [0.3, 0.4) is 0 Å². The third kappa shape index (κ3) is 2.88. The summed E-state index contributed by atoms with van der Waals surface area (Å²) >= 11 is 0. The second kappa shape index (κ2) is 5.21. The zero-order chi connectivity index (χ0) is 12.1. The molecule has 0 radical (unpaired) electrons. The number of aromatic hydroxyl groups is 1. The first-order chi connectivity index (χ1) is 8.27. The normalized spacial score (nSPS) is 10.8. The van der Waals surface area contributed by atoms with Crippen molar-refractivity contribution in [3.63, 3.8) is 0 Å². The van der Waals surface area contributed by atoms with Crippen molar-refractivity contribution in [3.8, 4) is 5.75 Å². The van der Waals surface area contributed by atoms with Gasteiger partial charge in [-0.1, -0.05) is 48.6 Å². The molecule has 0 saturated carbocycles. The summed E-state index contributed by atoms with van der Waals surface area (Å²) in [6.45, 7) is 0. The van der Waals surface area contributed by atoms with E-state index in [1.807, 2.05) is 42.5 Å². The van der Waals surface area contributed by atoms with Crippen LogP contribution in [0.15, 0.2) is 54.6 Å². The maximum Gasteiger partial charge on any atom is 0.121 e. The highest BCUT2D eigenvalue weighted by Gasteiger charge is 2.02. The molecule has 0 spiro atoms. The largest absolute Gasteiger partial charge is 0.508 e. The fourth-order valence-electron chi connectivity index (χ4n) is 1.69. The van der Waals surface area contributed by atoms with E-state index in [-0.39, 0.29) is 5.75 Å². The Bertz CT molecular complexity index is 497. The molecule has 0 fully saturated rings. The van der Waals surface area contributed by atoms with Crippen molar-refractivity contribution in [1.29, 1.82) is 0 Å². The lowest BCUT2D eigenvalue weighted by Gasteiger charge is -2.04. The molecule has 0 atom stereocenters.